The Labute approximate surface area is 431 Å². The summed E-state index contributed by atoms with van der Waals surface area (Å²) in [5.41, 5.74) is 5.14. The van der Waals surface area contributed by atoms with Gasteiger partial charge in [-0.15, -0.1) is 11.3 Å². The summed E-state index contributed by atoms with van der Waals surface area (Å²) in [4.78, 5) is 67.6. The summed E-state index contributed by atoms with van der Waals surface area (Å²) in [6.07, 6.45) is 1.35. The Bertz CT molecular complexity index is 3180. The fourth-order valence-corrected chi connectivity index (χ4v) is 10.4. The molecule has 0 N–H and O–H groups in total. The number of esters is 1. The van der Waals surface area contributed by atoms with Crippen LogP contribution in [0.15, 0.2) is 97.5 Å². The van der Waals surface area contributed by atoms with Gasteiger partial charge in [0.2, 0.25) is 17.9 Å². The number of halogens is 2. The zero-order valence-electron chi connectivity index (χ0n) is 41.4. The zero-order valence-corrected chi connectivity index (χ0v) is 43.0. The van der Waals surface area contributed by atoms with Crippen molar-refractivity contribution in [2.45, 2.75) is 65.8 Å². The van der Waals surface area contributed by atoms with E-state index in [1.54, 1.807) is 54.3 Å². The zero-order chi connectivity index (χ0) is 51.4. The molecule has 18 heteroatoms. The second-order valence-electron chi connectivity index (χ2n) is 18.6. The van der Waals surface area contributed by atoms with Gasteiger partial charge in [-0.05, 0) is 105 Å². The number of hydrogen-bond acceptors (Lipinski definition) is 14. The third-order valence-corrected chi connectivity index (χ3v) is 14.2. The highest BCUT2D eigenvalue weighted by Gasteiger charge is 2.32. The molecule has 0 saturated carbocycles. The predicted octanol–water partition coefficient (Wildman–Crippen LogP) is 10.2. The molecule has 1 fully saturated rings. The van der Waals surface area contributed by atoms with E-state index < -0.39 is 23.5 Å². The van der Waals surface area contributed by atoms with Gasteiger partial charge in [-0.1, -0.05) is 54.1 Å². The molecule has 10 rings (SSSR count). The van der Waals surface area contributed by atoms with Gasteiger partial charge in [0.15, 0.2) is 5.82 Å². The first-order valence-electron chi connectivity index (χ1n) is 24.0. The molecule has 7 aromatic rings. The molecule has 2 amide bonds. The van der Waals surface area contributed by atoms with Crippen LogP contribution in [0.3, 0.4) is 0 Å². The molecular formula is C55H55ClFN7O8S. The van der Waals surface area contributed by atoms with Crippen LogP contribution >= 0.6 is 22.9 Å². The van der Waals surface area contributed by atoms with Gasteiger partial charge in [0.1, 0.15) is 40.7 Å². The van der Waals surface area contributed by atoms with Gasteiger partial charge in [0.05, 0.1) is 47.5 Å². The molecule has 1 saturated heterocycles. The lowest BCUT2D eigenvalue weighted by Crippen LogP contribution is -2.51. The molecule has 0 spiro atoms. The number of aromatic nitrogens is 4. The van der Waals surface area contributed by atoms with E-state index >= 15 is 0 Å². The van der Waals surface area contributed by atoms with E-state index in [2.05, 4.69) is 19.9 Å². The number of para-hydroxylation sites is 1. The maximum Gasteiger partial charge on any atom is 0.410 e. The second kappa shape index (κ2) is 21.9. The number of thiophene rings is 1. The van der Waals surface area contributed by atoms with Gasteiger partial charge < -0.3 is 33.5 Å². The molecule has 4 aromatic carbocycles. The monoisotopic (exact) mass is 1030 g/mol. The molecule has 73 heavy (non-hydrogen) atoms. The van der Waals surface area contributed by atoms with Crippen LogP contribution in [0.5, 0.6) is 17.4 Å². The molecule has 3 aliphatic rings. The van der Waals surface area contributed by atoms with Crippen molar-refractivity contribution in [3.8, 4) is 50.3 Å². The smallest absolute Gasteiger partial charge is 0.410 e. The topological polar surface area (TPSA) is 159 Å². The van der Waals surface area contributed by atoms with Crippen molar-refractivity contribution in [2.75, 3.05) is 57.9 Å². The number of amides is 2. The van der Waals surface area contributed by atoms with Crippen molar-refractivity contribution >= 4 is 56.8 Å². The van der Waals surface area contributed by atoms with Crippen LogP contribution in [0.4, 0.5) is 14.9 Å². The fourth-order valence-electron chi connectivity index (χ4n) is 8.95. The summed E-state index contributed by atoms with van der Waals surface area (Å²) in [6, 6.07) is 24.6. The van der Waals surface area contributed by atoms with Crippen LogP contribution < -0.4 is 19.1 Å². The summed E-state index contributed by atoms with van der Waals surface area (Å²) in [7, 11) is 1.59. The van der Waals surface area contributed by atoms with Gasteiger partial charge in [-0.25, -0.2) is 33.9 Å². The van der Waals surface area contributed by atoms with Crippen LogP contribution in [0.25, 0.3) is 43.2 Å². The van der Waals surface area contributed by atoms with E-state index in [1.807, 2.05) is 76.2 Å². The van der Waals surface area contributed by atoms with Crippen molar-refractivity contribution in [1.29, 1.82) is 0 Å². The Kier molecular flexibility index (Phi) is 15.2. The molecular weight excluding hydrogens is 973 g/mol. The van der Waals surface area contributed by atoms with Gasteiger partial charge in [0, 0.05) is 62.3 Å². The van der Waals surface area contributed by atoms with E-state index in [0.717, 1.165) is 10.4 Å². The summed E-state index contributed by atoms with van der Waals surface area (Å²) < 4.78 is 44.6. The third kappa shape index (κ3) is 11.4. The first-order chi connectivity index (χ1) is 35.2. The summed E-state index contributed by atoms with van der Waals surface area (Å²) >= 11 is 8.83. The summed E-state index contributed by atoms with van der Waals surface area (Å²) in [5.74, 6) is 0.372. The average Bonchev–Trinajstić information content (AvgIpc) is 3.77. The molecule has 378 valence electrons. The number of carbonyl (C=O) groups excluding carboxylic acids is 3. The van der Waals surface area contributed by atoms with Crippen molar-refractivity contribution < 1.29 is 42.5 Å². The molecule has 0 radical (unpaired) electrons. The van der Waals surface area contributed by atoms with Crippen molar-refractivity contribution in [3.05, 3.63) is 131 Å². The molecule has 0 aliphatic carbocycles. The number of carbonyl (C=O) groups is 3. The first kappa shape index (κ1) is 50.7. The number of hydrogen-bond donors (Lipinski definition) is 0. The van der Waals surface area contributed by atoms with Crippen LogP contribution in [-0.2, 0) is 38.5 Å². The first-order valence-corrected chi connectivity index (χ1v) is 25.2. The summed E-state index contributed by atoms with van der Waals surface area (Å²) in [6.45, 7) is 12.1. The fraction of sp³-hybridized carbons (Fsp3) is 0.327. The highest BCUT2D eigenvalue weighted by molar-refractivity contribution is 7.22. The SMILES string of the molecule is CCOC(=O)[C@H]1Cc2cc(ccc2OCc2ccnc(-c3ccccc3OC)n2)CC(=O)N(CCN2CCN(C(=O)OC(C)(C)C)CC2)c2ccc(c(C)c2Cl)-c2c(-c3ccc(F)cc3)sc3ncnc(c23)O1. The number of methoxy groups -OCH3 is 1. The van der Waals surface area contributed by atoms with Crippen LogP contribution in [0, 0.1) is 12.7 Å². The highest BCUT2D eigenvalue weighted by atomic mass is 35.5. The minimum absolute atomic E-state index is 0.0328. The summed E-state index contributed by atoms with van der Waals surface area (Å²) in [5, 5.41) is 0.863. The predicted molar refractivity (Wildman–Crippen MR) is 278 cm³/mol. The van der Waals surface area contributed by atoms with Crippen LogP contribution in [0.2, 0.25) is 5.02 Å². The molecule has 15 nitrogen and oxygen atoms in total. The lowest BCUT2D eigenvalue weighted by molar-refractivity contribution is -0.151. The number of ether oxygens (including phenoxy) is 5. The quantitative estimate of drug-likeness (QED) is 0.113. The highest BCUT2D eigenvalue weighted by Crippen LogP contribution is 2.50. The number of benzene rings is 4. The molecule has 3 aromatic heterocycles. The van der Waals surface area contributed by atoms with E-state index in [0.29, 0.717) is 110 Å². The minimum atomic E-state index is -1.25. The second-order valence-corrected chi connectivity index (χ2v) is 20.0. The maximum absolute atomic E-state index is 15.0. The molecule has 6 heterocycles. The van der Waals surface area contributed by atoms with Crippen molar-refractivity contribution in [2.24, 2.45) is 0 Å². The largest absolute Gasteiger partial charge is 0.496 e. The Balaban J connectivity index is 1.13. The lowest BCUT2D eigenvalue weighted by Gasteiger charge is -2.36. The van der Waals surface area contributed by atoms with Crippen molar-refractivity contribution in [1.82, 2.24) is 29.7 Å². The third-order valence-electron chi connectivity index (χ3n) is 12.6. The average molecular weight is 1030 g/mol. The normalized spacial score (nSPS) is 15.3. The van der Waals surface area contributed by atoms with Gasteiger partial charge >= 0.3 is 12.1 Å². The molecule has 0 unspecified atom stereocenters. The maximum atomic E-state index is 15.0. The number of fused-ring (bicyclic) bond motifs is 6. The van der Waals surface area contributed by atoms with Gasteiger partial charge in [-0.3, -0.25) is 9.69 Å². The van der Waals surface area contributed by atoms with E-state index in [-0.39, 0.29) is 50.5 Å². The van der Waals surface area contributed by atoms with Gasteiger partial charge in [-0.2, -0.15) is 0 Å². The van der Waals surface area contributed by atoms with E-state index in [1.165, 1.54) is 29.8 Å². The Morgan fingerprint density at radius 1 is 0.918 bits per heavy atom. The van der Waals surface area contributed by atoms with Crippen LogP contribution in [-0.4, -0.2) is 112 Å². The van der Waals surface area contributed by atoms with Gasteiger partial charge in [0.25, 0.3) is 0 Å². The number of rotatable bonds is 11. The minimum Gasteiger partial charge on any atom is -0.496 e. The number of piperazine rings is 1. The molecule has 4 bridgehead atoms. The lowest BCUT2D eigenvalue weighted by atomic mass is 9.95. The molecule has 1 atom stereocenters. The van der Waals surface area contributed by atoms with Crippen molar-refractivity contribution in [3.63, 3.8) is 0 Å². The Hall–Kier alpha value is -7.21. The molecule has 3 aliphatic heterocycles. The van der Waals surface area contributed by atoms with E-state index in [9.17, 15) is 18.8 Å². The van der Waals surface area contributed by atoms with E-state index in [4.69, 9.17) is 40.3 Å². The Morgan fingerprint density at radius 2 is 1.70 bits per heavy atom. The Morgan fingerprint density at radius 3 is 2.45 bits per heavy atom. The number of nitrogens with zero attached hydrogens (tertiary/aromatic N) is 7. The van der Waals surface area contributed by atoms with Crippen LogP contribution in [0.1, 0.15) is 50.1 Å². The standard InChI is InChI=1S/C55H55ClFN7O8S/c1-7-69-53(66)44-30-36-28-34(12-19-42(36)70-31-38-20-21-58-50(61-38)40-10-8-9-11-43(40)68-6)29-45(65)64(27-24-62-22-25-63(26-23-62)54(67)72-55(3,4)5)41-18-17-39(33(2)48(41)56)46-47-51(71-44)59-32-60-52(47)73-49(46)35-13-15-37(57)16-14-35/h8-21,28,32,44H,7,22-27,29-31H2,1-6H3/t44-/m1/s1. The number of anilines is 1.